The van der Waals surface area contributed by atoms with E-state index >= 15 is 0 Å². The molecule has 6 heteroatoms. The number of ether oxygens (including phenoxy) is 1. The minimum atomic E-state index is -0.175. The molecule has 0 radical (unpaired) electrons. The molecule has 0 saturated carbocycles. The molecule has 0 spiro atoms. The maximum absolute atomic E-state index is 12.6. The zero-order chi connectivity index (χ0) is 15.8. The van der Waals surface area contributed by atoms with Crippen LogP contribution in [0.4, 0.5) is 0 Å². The van der Waals surface area contributed by atoms with Crippen LogP contribution in [0.5, 0.6) is 0 Å². The minimum absolute atomic E-state index is 0.170. The molecular weight excluding hydrogens is 268 g/mol. The van der Waals surface area contributed by atoms with Crippen molar-refractivity contribution in [3.63, 3.8) is 0 Å². The lowest BCUT2D eigenvalue weighted by molar-refractivity contribution is -0.137. The first-order valence-corrected chi connectivity index (χ1v) is 7.83. The van der Waals surface area contributed by atoms with Crippen LogP contribution in [0.15, 0.2) is 0 Å². The number of piperidine rings is 1. The second kappa shape index (κ2) is 9.35. The van der Waals surface area contributed by atoms with Gasteiger partial charge in [0.2, 0.25) is 5.91 Å². The fourth-order valence-electron chi connectivity index (χ4n) is 2.70. The summed E-state index contributed by atoms with van der Waals surface area (Å²) in [5, 5.41) is 0. The van der Waals surface area contributed by atoms with Crippen LogP contribution in [0.3, 0.4) is 0 Å². The fraction of sp³-hybridized carbons (Fsp3) is 0.933. The van der Waals surface area contributed by atoms with Crippen LogP contribution in [-0.4, -0.2) is 93.7 Å². The molecule has 0 aromatic rings. The molecule has 1 atom stereocenters. The number of nitrogens with two attached hydrogens (primary N) is 1. The summed E-state index contributed by atoms with van der Waals surface area (Å²) in [4.78, 5) is 19.1. The van der Waals surface area contributed by atoms with Crippen LogP contribution in [0, 0.1) is 0 Å². The van der Waals surface area contributed by atoms with Gasteiger partial charge in [0.15, 0.2) is 0 Å². The Balaban J connectivity index is 2.64. The van der Waals surface area contributed by atoms with Gasteiger partial charge in [-0.05, 0) is 47.1 Å². The maximum Gasteiger partial charge on any atom is 0.225 e. The number of rotatable bonds is 8. The predicted octanol–water partition coefficient (Wildman–Crippen LogP) is -0.165. The van der Waals surface area contributed by atoms with E-state index in [0.717, 1.165) is 39.0 Å². The van der Waals surface area contributed by atoms with E-state index in [1.165, 1.54) is 0 Å². The van der Waals surface area contributed by atoms with Gasteiger partial charge >= 0.3 is 0 Å². The second-order valence-electron chi connectivity index (χ2n) is 6.22. The molecule has 1 saturated heterocycles. The first-order chi connectivity index (χ1) is 9.97. The molecule has 21 heavy (non-hydrogen) atoms. The van der Waals surface area contributed by atoms with Gasteiger partial charge < -0.3 is 25.2 Å². The highest BCUT2D eigenvalue weighted by atomic mass is 16.5. The number of hydrogen-bond donors (Lipinski definition) is 1. The van der Waals surface area contributed by atoms with E-state index in [-0.39, 0.29) is 12.0 Å². The van der Waals surface area contributed by atoms with Crippen LogP contribution in [0.2, 0.25) is 0 Å². The molecule has 124 valence electrons. The van der Waals surface area contributed by atoms with Crippen molar-refractivity contribution in [1.82, 2.24) is 14.7 Å². The van der Waals surface area contributed by atoms with E-state index in [2.05, 4.69) is 21.7 Å². The van der Waals surface area contributed by atoms with Gasteiger partial charge in [0, 0.05) is 32.8 Å². The summed E-state index contributed by atoms with van der Waals surface area (Å²) in [6.07, 6.45) is 2.31. The number of hydrogen-bond acceptors (Lipinski definition) is 5. The molecule has 1 fully saturated rings. The van der Waals surface area contributed by atoms with Gasteiger partial charge in [-0.3, -0.25) is 4.79 Å². The summed E-state index contributed by atoms with van der Waals surface area (Å²) < 4.78 is 5.26. The van der Waals surface area contributed by atoms with Crippen molar-refractivity contribution in [3.8, 4) is 0 Å². The number of carbonyl (C=O) groups is 1. The molecule has 2 N–H and O–H groups in total. The maximum atomic E-state index is 12.6. The van der Waals surface area contributed by atoms with Gasteiger partial charge in [-0.15, -0.1) is 0 Å². The lowest BCUT2D eigenvalue weighted by atomic mass is 10.0. The number of methoxy groups -OCH3 is 1. The van der Waals surface area contributed by atoms with Gasteiger partial charge in [-0.2, -0.15) is 0 Å². The normalized spacial score (nSPS) is 19.0. The van der Waals surface area contributed by atoms with Gasteiger partial charge in [0.1, 0.15) is 0 Å². The van der Waals surface area contributed by atoms with Gasteiger partial charge in [0.05, 0.1) is 12.5 Å². The van der Waals surface area contributed by atoms with Crippen LogP contribution in [0.25, 0.3) is 0 Å². The molecule has 0 aromatic carbocycles. The van der Waals surface area contributed by atoms with Crippen LogP contribution >= 0.6 is 0 Å². The Morgan fingerprint density at radius 1 is 1.33 bits per heavy atom. The largest absolute Gasteiger partial charge is 0.380 e. The Bertz CT molecular complexity index is 300. The van der Waals surface area contributed by atoms with Crippen molar-refractivity contribution in [3.05, 3.63) is 0 Å². The zero-order valence-corrected chi connectivity index (χ0v) is 14.0. The third kappa shape index (κ3) is 6.30. The minimum Gasteiger partial charge on any atom is -0.380 e. The van der Waals surface area contributed by atoms with E-state index in [1.54, 1.807) is 7.11 Å². The van der Waals surface area contributed by atoms with Crippen LogP contribution in [-0.2, 0) is 9.53 Å². The summed E-state index contributed by atoms with van der Waals surface area (Å²) >= 11 is 0. The Morgan fingerprint density at radius 3 is 2.43 bits per heavy atom. The number of amides is 1. The molecule has 0 aliphatic carbocycles. The summed E-state index contributed by atoms with van der Waals surface area (Å²) in [5.41, 5.74) is 5.64. The topological polar surface area (TPSA) is 62.0 Å². The molecule has 1 unspecified atom stereocenters. The van der Waals surface area contributed by atoms with Crippen LogP contribution in [0.1, 0.15) is 19.3 Å². The Labute approximate surface area is 129 Å². The SMILES string of the molecule is COC(CN)CC(=O)N(CCN(C)C)C1CCN(C)CC1. The molecular formula is C15H32N4O2. The van der Waals surface area contributed by atoms with Gasteiger partial charge in [0.25, 0.3) is 0 Å². The Kier molecular flexibility index (Phi) is 8.18. The van der Waals surface area contributed by atoms with Crippen molar-refractivity contribution in [2.75, 3.05) is 61.0 Å². The first-order valence-electron chi connectivity index (χ1n) is 7.83. The molecule has 1 aliphatic heterocycles. The standard InChI is InChI=1S/C15H32N4O2/c1-17(2)9-10-19(13-5-7-18(3)8-6-13)15(20)11-14(12-16)21-4/h13-14H,5-12,16H2,1-4H3. The van der Waals surface area contributed by atoms with Crippen molar-refractivity contribution in [2.24, 2.45) is 5.73 Å². The average Bonchev–Trinajstić information content (AvgIpc) is 2.46. The Morgan fingerprint density at radius 2 is 1.95 bits per heavy atom. The number of likely N-dealkylation sites (N-methyl/N-ethyl adjacent to an activating group) is 1. The average molecular weight is 300 g/mol. The molecule has 1 rings (SSSR count). The molecule has 1 aliphatic rings. The highest BCUT2D eigenvalue weighted by Crippen LogP contribution is 2.17. The fourth-order valence-corrected chi connectivity index (χ4v) is 2.70. The van der Waals surface area contributed by atoms with E-state index in [1.807, 2.05) is 14.1 Å². The van der Waals surface area contributed by atoms with Gasteiger partial charge in [-0.25, -0.2) is 0 Å². The molecule has 6 nitrogen and oxygen atoms in total. The summed E-state index contributed by atoms with van der Waals surface area (Å²) in [6, 6.07) is 0.351. The highest BCUT2D eigenvalue weighted by molar-refractivity contribution is 5.77. The second-order valence-corrected chi connectivity index (χ2v) is 6.22. The predicted molar refractivity (Wildman–Crippen MR) is 85.3 cm³/mol. The van der Waals surface area contributed by atoms with E-state index in [0.29, 0.717) is 19.0 Å². The monoisotopic (exact) mass is 300 g/mol. The van der Waals surface area contributed by atoms with Crippen molar-refractivity contribution in [2.45, 2.75) is 31.4 Å². The number of nitrogens with zero attached hydrogens (tertiary/aromatic N) is 3. The summed E-state index contributed by atoms with van der Waals surface area (Å²) in [5.74, 6) is 0.170. The Hall–Kier alpha value is -0.690. The number of likely N-dealkylation sites (tertiary alicyclic amines) is 1. The first kappa shape index (κ1) is 18.4. The smallest absolute Gasteiger partial charge is 0.225 e. The lowest BCUT2D eigenvalue weighted by Gasteiger charge is -2.38. The summed E-state index contributed by atoms with van der Waals surface area (Å²) in [7, 11) is 7.83. The third-order valence-corrected chi connectivity index (χ3v) is 4.24. The van der Waals surface area contributed by atoms with E-state index in [4.69, 9.17) is 10.5 Å². The zero-order valence-electron chi connectivity index (χ0n) is 14.0. The molecule has 0 bridgehead atoms. The van der Waals surface area contributed by atoms with Crippen molar-refractivity contribution in [1.29, 1.82) is 0 Å². The van der Waals surface area contributed by atoms with Crippen molar-refractivity contribution >= 4 is 5.91 Å². The third-order valence-electron chi connectivity index (χ3n) is 4.24. The van der Waals surface area contributed by atoms with E-state index < -0.39 is 0 Å². The van der Waals surface area contributed by atoms with Crippen molar-refractivity contribution < 1.29 is 9.53 Å². The van der Waals surface area contributed by atoms with Crippen LogP contribution < -0.4 is 5.73 Å². The molecule has 1 heterocycles. The van der Waals surface area contributed by atoms with E-state index in [9.17, 15) is 4.79 Å². The molecule has 0 aromatic heterocycles. The number of carbonyl (C=O) groups excluding carboxylic acids is 1. The molecule has 1 amide bonds. The highest BCUT2D eigenvalue weighted by Gasteiger charge is 2.28. The van der Waals surface area contributed by atoms with Gasteiger partial charge in [-0.1, -0.05) is 0 Å². The lowest BCUT2D eigenvalue weighted by Crippen LogP contribution is -2.49. The quantitative estimate of drug-likeness (QED) is 0.675. The summed E-state index contributed by atoms with van der Waals surface area (Å²) in [6.45, 7) is 4.17.